The summed E-state index contributed by atoms with van der Waals surface area (Å²) in [7, 11) is 0. The highest BCUT2D eigenvalue weighted by atomic mass is 16.2. The Labute approximate surface area is 145 Å². The van der Waals surface area contributed by atoms with Crippen molar-refractivity contribution >= 4 is 11.6 Å². The summed E-state index contributed by atoms with van der Waals surface area (Å²) >= 11 is 0. The van der Waals surface area contributed by atoms with Crippen molar-refractivity contribution in [3.05, 3.63) is 52.6 Å². The van der Waals surface area contributed by atoms with Gasteiger partial charge in [-0.2, -0.15) is 0 Å². The van der Waals surface area contributed by atoms with Crippen LogP contribution >= 0.6 is 0 Å². The number of fused-ring (bicyclic) bond motifs is 1. The van der Waals surface area contributed by atoms with Gasteiger partial charge in [-0.3, -0.25) is 4.79 Å². The van der Waals surface area contributed by atoms with Crippen LogP contribution in [0.4, 0.5) is 5.69 Å². The first-order valence-corrected chi connectivity index (χ1v) is 8.67. The van der Waals surface area contributed by atoms with Crippen LogP contribution < -0.4 is 4.90 Å². The number of nitrogens with zero attached hydrogens (tertiary/aromatic N) is 1. The van der Waals surface area contributed by atoms with E-state index in [9.17, 15) is 4.79 Å². The van der Waals surface area contributed by atoms with Gasteiger partial charge in [0, 0.05) is 23.9 Å². The van der Waals surface area contributed by atoms with Crippen molar-refractivity contribution in [2.75, 3.05) is 4.90 Å². The van der Waals surface area contributed by atoms with E-state index in [2.05, 4.69) is 71.9 Å². The van der Waals surface area contributed by atoms with Crippen LogP contribution in [0.3, 0.4) is 0 Å². The second-order valence-corrected chi connectivity index (χ2v) is 7.79. The molecule has 0 bridgehead atoms. The zero-order valence-corrected chi connectivity index (χ0v) is 15.8. The van der Waals surface area contributed by atoms with Gasteiger partial charge in [0.25, 0.3) is 0 Å². The van der Waals surface area contributed by atoms with Crippen LogP contribution in [-0.2, 0) is 10.2 Å². The highest BCUT2D eigenvalue weighted by Gasteiger charge is 2.45. The number of aryl methyl sites for hydroxylation is 3. The van der Waals surface area contributed by atoms with Crippen LogP contribution in [0, 0.1) is 20.8 Å². The molecule has 0 spiro atoms. The lowest BCUT2D eigenvalue weighted by Crippen LogP contribution is -2.41. The van der Waals surface area contributed by atoms with Gasteiger partial charge in [0.05, 0.1) is 5.69 Å². The first kappa shape index (κ1) is 16.8. The molecule has 0 N–H and O–H groups in total. The molecule has 1 unspecified atom stereocenters. The lowest BCUT2D eigenvalue weighted by atomic mass is 9.80. The topological polar surface area (TPSA) is 20.3 Å². The summed E-state index contributed by atoms with van der Waals surface area (Å²) in [6, 6.07) is 11.2. The number of carbonyl (C=O) groups excluding carboxylic acids is 1. The van der Waals surface area contributed by atoms with Crippen molar-refractivity contribution in [2.45, 2.75) is 59.9 Å². The molecule has 0 radical (unpaired) electrons. The van der Waals surface area contributed by atoms with Crippen LogP contribution in [-0.4, -0.2) is 11.9 Å². The van der Waals surface area contributed by atoms with E-state index in [0.717, 1.165) is 5.69 Å². The number of carbonyl (C=O) groups is 1. The Hall–Kier alpha value is -2.09. The molecule has 24 heavy (non-hydrogen) atoms. The van der Waals surface area contributed by atoms with E-state index in [4.69, 9.17) is 0 Å². The first-order chi connectivity index (χ1) is 11.1. The van der Waals surface area contributed by atoms with Crippen molar-refractivity contribution in [3.63, 3.8) is 0 Å². The van der Waals surface area contributed by atoms with Crippen molar-refractivity contribution in [2.24, 2.45) is 0 Å². The van der Waals surface area contributed by atoms with Gasteiger partial charge in [0.1, 0.15) is 0 Å². The normalized spacial score (nSPS) is 18.6. The fourth-order valence-corrected chi connectivity index (χ4v) is 3.83. The molecule has 2 aromatic carbocycles. The Balaban J connectivity index is 2.34. The molecule has 3 rings (SSSR count). The van der Waals surface area contributed by atoms with Crippen LogP contribution in [0.5, 0.6) is 0 Å². The zero-order valence-electron chi connectivity index (χ0n) is 15.8. The predicted octanol–water partition coefficient (Wildman–Crippen LogP) is 5.31. The molecule has 0 saturated carbocycles. The van der Waals surface area contributed by atoms with Gasteiger partial charge in [-0.15, -0.1) is 0 Å². The Morgan fingerprint density at radius 1 is 1.04 bits per heavy atom. The molecule has 0 saturated heterocycles. The van der Waals surface area contributed by atoms with Gasteiger partial charge in [0.15, 0.2) is 0 Å². The predicted molar refractivity (Wildman–Crippen MR) is 102 cm³/mol. The van der Waals surface area contributed by atoms with Gasteiger partial charge in [0.2, 0.25) is 5.91 Å². The van der Waals surface area contributed by atoms with E-state index >= 15 is 0 Å². The smallest absolute Gasteiger partial charge is 0.224 e. The highest BCUT2D eigenvalue weighted by molar-refractivity contribution is 6.01. The summed E-state index contributed by atoms with van der Waals surface area (Å²) in [6.45, 7) is 14.7. The summed E-state index contributed by atoms with van der Waals surface area (Å²) in [5, 5.41) is 0. The van der Waals surface area contributed by atoms with Gasteiger partial charge < -0.3 is 4.90 Å². The summed E-state index contributed by atoms with van der Waals surface area (Å²) < 4.78 is 0. The third kappa shape index (κ3) is 2.36. The zero-order chi connectivity index (χ0) is 17.8. The minimum absolute atomic E-state index is 0.0541. The quantitative estimate of drug-likeness (QED) is 0.697. The molecule has 2 nitrogen and oxygen atoms in total. The average molecular weight is 321 g/mol. The summed E-state index contributed by atoms with van der Waals surface area (Å²) in [5.74, 6) is 0.114. The van der Waals surface area contributed by atoms with E-state index in [1.165, 1.54) is 33.4 Å². The number of benzene rings is 2. The van der Waals surface area contributed by atoms with Crippen LogP contribution in [0.2, 0.25) is 0 Å². The lowest BCUT2D eigenvalue weighted by Gasteiger charge is -2.29. The first-order valence-electron chi connectivity index (χ1n) is 8.67. The van der Waals surface area contributed by atoms with Gasteiger partial charge in [-0.05, 0) is 56.0 Å². The highest BCUT2D eigenvalue weighted by Crippen LogP contribution is 2.50. The van der Waals surface area contributed by atoms with Crippen molar-refractivity contribution < 1.29 is 4.79 Å². The third-order valence-corrected chi connectivity index (χ3v) is 5.78. The number of anilines is 1. The summed E-state index contributed by atoms with van der Waals surface area (Å²) in [6.07, 6.45) is 0. The molecule has 2 aromatic rings. The summed E-state index contributed by atoms with van der Waals surface area (Å²) in [5.41, 5.74) is 8.49. The molecular weight excluding hydrogens is 294 g/mol. The van der Waals surface area contributed by atoms with Crippen LogP contribution in [0.15, 0.2) is 30.3 Å². The van der Waals surface area contributed by atoms with E-state index < -0.39 is 0 Å². The Morgan fingerprint density at radius 3 is 2.29 bits per heavy atom. The van der Waals surface area contributed by atoms with E-state index in [1.807, 2.05) is 4.90 Å². The van der Waals surface area contributed by atoms with Crippen molar-refractivity contribution in [3.8, 4) is 11.1 Å². The Bertz CT molecular complexity index is 832. The third-order valence-electron chi connectivity index (χ3n) is 5.78. The summed E-state index contributed by atoms with van der Waals surface area (Å²) in [4.78, 5) is 14.4. The van der Waals surface area contributed by atoms with Gasteiger partial charge >= 0.3 is 0 Å². The Kier molecular flexibility index (Phi) is 3.82. The standard InChI is InChI=1S/C22H27NO/c1-13-10-19(18-9-8-14(2)15(3)12-18)21-20(11-13)22(6,7)16(4)23(21)17(5)24/h8-12,16H,1-7H3. The molecule has 0 fully saturated rings. The van der Waals surface area contributed by atoms with Crippen molar-refractivity contribution in [1.82, 2.24) is 0 Å². The molecule has 1 aliphatic heterocycles. The maximum Gasteiger partial charge on any atom is 0.224 e. The minimum atomic E-state index is -0.0541. The molecular formula is C22H27NO. The van der Waals surface area contributed by atoms with E-state index in [1.54, 1.807) is 6.92 Å². The second kappa shape index (κ2) is 5.47. The number of hydrogen-bond donors (Lipinski definition) is 0. The molecule has 1 atom stereocenters. The monoisotopic (exact) mass is 321 g/mol. The SMILES string of the molecule is CC(=O)N1c2c(-c3ccc(C)c(C)c3)cc(C)cc2C(C)(C)C1C. The molecule has 0 aromatic heterocycles. The molecule has 0 aliphatic carbocycles. The molecule has 2 heteroatoms. The average Bonchev–Trinajstić information content (AvgIpc) is 2.69. The fourth-order valence-electron chi connectivity index (χ4n) is 3.83. The van der Waals surface area contributed by atoms with Gasteiger partial charge in [-0.1, -0.05) is 43.7 Å². The molecule has 1 amide bonds. The largest absolute Gasteiger partial charge is 0.308 e. The maximum absolute atomic E-state index is 12.4. The second-order valence-electron chi connectivity index (χ2n) is 7.79. The Morgan fingerprint density at radius 2 is 1.71 bits per heavy atom. The number of hydrogen-bond acceptors (Lipinski definition) is 1. The number of amides is 1. The van der Waals surface area contributed by atoms with Crippen LogP contribution in [0.1, 0.15) is 49.9 Å². The van der Waals surface area contributed by atoms with E-state index in [-0.39, 0.29) is 17.4 Å². The molecule has 126 valence electrons. The van der Waals surface area contributed by atoms with E-state index in [0.29, 0.717) is 0 Å². The van der Waals surface area contributed by atoms with Gasteiger partial charge in [-0.25, -0.2) is 0 Å². The fraction of sp³-hybridized carbons (Fsp3) is 0.409. The molecule has 1 aliphatic rings. The maximum atomic E-state index is 12.4. The lowest BCUT2D eigenvalue weighted by molar-refractivity contribution is -0.117. The van der Waals surface area contributed by atoms with Crippen molar-refractivity contribution in [1.29, 1.82) is 0 Å². The van der Waals surface area contributed by atoms with Crippen LogP contribution in [0.25, 0.3) is 11.1 Å². The molecule has 1 heterocycles. The minimum Gasteiger partial charge on any atom is -0.308 e. The number of rotatable bonds is 1.